The minimum Gasteiger partial charge on any atom is -0.477 e. The maximum absolute atomic E-state index is 15.6. The van der Waals surface area contributed by atoms with Crippen molar-refractivity contribution >= 4 is 28.5 Å². The fourth-order valence-corrected chi connectivity index (χ4v) is 3.57. The first-order chi connectivity index (χ1) is 14.1. The molecule has 3 rings (SSSR count). The largest absolute Gasteiger partial charge is 0.477 e. The topological polar surface area (TPSA) is 92.1 Å². The number of anilines is 1. The molecule has 1 aliphatic heterocycles. The lowest BCUT2D eigenvalue weighted by Crippen LogP contribution is -2.45. The summed E-state index contributed by atoms with van der Waals surface area (Å²) in [6.07, 6.45) is 1.01. The molecule has 0 bridgehead atoms. The lowest BCUT2D eigenvalue weighted by Gasteiger charge is -2.34. The Morgan fingerprint density at radius 1 is 1.23 bits per heavy atom. The highest BCUT2D eigenvalue weighted by atomic mass is 19.1. The highest BCUT2D eigenvalue weighted by Crippen LogP contribution is 2.32. The van der Waals surface area contributed by atoms with Gasteiger partial charge in [-0.15, -0.1) is 0 Å². The van der Waals surface area contributed by atoms with Crippen LogP contribution in [-0.2, 0) is 9.53 Å². The summed E-state index contributed by atoms with van der Waals surface area (Å²) in [6, 6.07) is 0.186. The van der Waals surface area contributed by atoms with Crippen LogP contribution in [0.1, 0.15) is 30.2 Å². The molecule has 8 nitrogen and oxygen atoms in total. The van der Waals surface area contributed by atoms with Crippen LogP contribution in [-0.4, -0.2) is 66.3 Å². The van der Waals surface area contributed by atoms with Crippen LogP contribution in [0.2, 0.25) is 0 Å². The molecule has 2 heterocycles. The zero-order chi connectivity index (χ0) is 22.2. The Labute approximate surface area is 171 Å². The van der Waals surface area contributed by atoms with Crippen LogP contribution >= 0.6 is 0 Å². The Bertz CT molecular complexity index is 1060. The van der Waals surface area contributed by atoms with Crippen molar-refractivity contribution in [2.75, 3.05) is 44.7 Å². The third-order valence-corrected chi connectivity index (χ3v) is 5.24. The average molecular weight is 423 g/mol. The van der Waals surface area contributed by atoms with Crippen LogP contribution < -0.4 is 10.3 Å². The van der Waals surface area contributed by atoms with Crippen molar-refractivity contribution in [2.45, 2.75) is 19.9 Å². The molecule has 0 saturated carbocycles. The van der Waals surface area contributed by atoms with Gasteiger partial charge in [-0.3, -0.25) is 9.59 Å². The Balaban J connectivity index is 2.25. The van der Waals surface area contributed by atoms with Gasteiger partial charge in [-0.25, -0.2) is 13.6 Å². The number of aromatic carboxylic acids is 1. The fraction of sp³-hybridized carbons (Fsp3) is 0.450. The number of esters is 1. The maximum atomic E-state index is 15.6. The number of nitrogens with zero attached hydrogens (tertiary/aromatic N) is 3. The number of rotatable bonds is 5. The molecule has 1 N–H and O–H groups in total. The number of benzene rings is 1. The molecule has 30 heavy (non-hydrogen) atoms. The van der Waals surface area contributed by atoms with Crippen molar-refractivity contribution in [3.63, 3.8) is 0 Å². The summed E-state index contributed by atoms with van der Waals surface area (Å²) in [5.74, 6) is -3.95. The number of carbonyl (C=O) groups excluding carboxylic acids is 1. The molecular formula is C20H23F2N3O5. The lowest BCUT2D eigenvalue weighted by molar-refractivity contribution is -0.141. The number of carboxylic acids is 1. The van der Waals surface area contributed by atoms with Crippen molar-refractivity contribution in [3.8, 4) is 0 Å². The summed E-state index contributed by atoms with van der Waals surface area (Å²) in [4.78, 5) is 38.9. The lowest BCUT2D eigenvalue weighted by atomic mass is 10.1. The molecule has 1 fully saturated rings. The first-order valence-corrected chi connectivity index (χ1v) is 9.48. The smallest absolute Gasteiger partial charge is 0.341 e. The van der Waals surface area contributed by atoms with Gasteiger partial charge in [0.05, 0.1) is 16.9 Å². The van der Waals surface area contributed by atoms with Crippen molar-refractivity contribution < 1.29 is 28.2 Å². The Morgan fingerprint density at radius 2 is 1.87 bits per heavy atom. The molecule has 1 aromatic carbocycles. The molecule has 2 aromatic rings. The van der Waals surface area contributed by atoms with Gasteiger partial charge in [0.1, 0.15) is 23.7 Å². The molecule has 0 spiro atoms. The number of hydrogen-bond donors (Lipinski definition) is 1. The van der Waals surface area contributed by atoms with Crippen LogP contribution in [0.4, 0.5) is 14.5 Å². The number of aromatic nitrogens is 1. The molecule has 1 saturated heterocycles. The second kappa shape index (κ2) is 8.39. The summed E-state index contributed by atoms with van der Waals surface area (Å²) in [7, 11) is 1.91. The second-order valence-corrected chi connectivity index (χ2v) is 7.44. The minimum absolute atomic E-state index is 0.174. The summed E-state index contributed by atoms with van der Waals surface area (Å²) in [5.41, 5.74) is -2.08. The fourth-order valence-electron chi connectivity index (χ4n) is 3.57. The van der Waals surface area contributed by atoms with E-state index in [2.05, 4.69) is 0 Å². The van der Waals surface area contributed by atoms with E-state index in [1.807, 2.05) is 11.9 Å². The van der Waals surface area contributed by atoms with E-state index in [0.717, 1.165) is 12.3 Å². The van der Waals surface area contributed by atoms with Gasteiger partial charge in [0.15, 0.2) is 5.82 Å². The number of pyridine rings is 1. The summed E-state index contributed by atoms with van der Waals surface area (Å²) in [5, 5.41) is 8.99. The van der Waals surface area contributed by atoms with Crippen molar-refractivity contribution in [2.24, 2.45) is 0 Å². The van der Waals surface area contributed by atoms with Gasteiger partial charge in [-0.1, -0.05) is 0 Å². The number of likely N-dealkylation sites (N-methyl/N-ethyl adjacent to an activating group) is 1. The number of hydrogen-bond acceptors (Lipinski definition) is 6. The van der Waals surface area contributed by atoms with Crippen LogP contribution in [0.3, 0.4) is 0 Å². The highest BCUT2D eigenvalue weighted by molar-refractivity contribution is 5.94. The molecule has 0 radical (unpaired) electrons. The van der Waals surface area contributed by atoms with E-state index in [0.29, 0.717) is 26.2 Å². The number of fused-ring (bicyclic) bond motifs is 1. The van der Waals surface area contributed by atoms with Crippen molar-refractivity contribution in [1.29, 1.82) is 0 Å². The molecule has 0 aliphatic carbocycles. The third-order valence-electron chi connectivity index (χ3n) is 5.24. The maximum Gasteiger partial charge on any atom is 0.341 e. The molecule has 1 aliphatic rings. The second-order valence-electron chi connectivity index (χ2n) is 7.44. The Kier molecular flexibility index (Phi) is 6.06. The van der Waals surface area contributed by atoms with E-state index in [1.54, 1.807) is 11.8 Å². The van der Waals surface area contributed by atoms with Gasteiger partial charge in [0, 0.05) is 39.3 Å². The molecule has 162 valence electrons. The van der Waals surface area contributed by atoms with E-state index >= 15 is 4.39 Å². The van der Waals surface area contributed by atoms with Gasteiger partial charge in [-0.05, 0) is 20.0 Å². The normalized spacial score (nSPS) is 16.0. The Hall–Kier alpha value is -3.01. The van der Waals surface area contributed by atoms with Gasteiger partial charge in [0.25, 0.3) is 0 Å². The monoisotopic (exact) mass is 423 g/mol. The van der Waals surface area contributed by atoms with Crippen molar-refractivity contribution in [3.05, 3.63) is 39.7 Å². The number of ether oxygens (including phenoxy) is 1. The Morgan fingerprint density at radius 3 is 2.43 bits per heavy atom. The molecule has 0 amide bonds. The minimum atomic E-state index is -1.51. The highest BCUT2D eigenvalue weighted by Gasteiger charge is 2.27. The third kappa shape index (κ3) is 4.00. The summed E-state index contributed by atoms with van der Waals surface area (Å²) >= 11 is 0. The molecule has 1 aromatic heterocycles. The van der Waals surface area contributed by atoms with Crippen molar-refractivity contribution in [1.82, 2.24) is 9.47 Å². The molecule has 10 heteroatoms. The predicted molar refractivity (Wildman–Crippen MR) is 106 cm³/mol. The van der Waals surface area contributed by atoms with Crippen LogP contribution in [0.5, 0.6) is 0 Å². The van der Waals surface area contributed by atoms with E-state index in [4.69, 9.17) is 4.74 Å². The number of halogens is 2. The predicted octanol–water partition coefficient (Wildman–Crippen LogP) is 1.85. The standard InChI is InChI=1S/C20H23F2N3O5/c1-11(10-30-12(2)26)25-9-14(20(28)29)19(27)13-8-15(21)18(16(22)17(13)25)24-6-4-23(3)5-7-24/h8-9,11H,4-7,10H2,1-3H3,(H,28,29). The molecular weight excluding hydrogens is 400 g/mol. The first kappa shape index (κ1) is 21.7. The van der Waals surface area contributed by atoms with E-state index < -0.39 is 40.6 Å². The zero-order valence-electron chi connectivity index (χ0n) is 16.9. The molecule has 1 unspecified atom stereocenters. The van der Waals surface area contributed by atoms with Gasteiger partial charge in [-0.2, -0.15) is 0 Å². The summed E-state index contributed by atoms with van der Waals surface area (Å²) in [6.45, 7) is 4.64. The van der Waals surface area contributed by atoms with Gasteiger partial charge in [0.2, 0.25) is 5.43 Å². The zero-order valence-corrected chi connectivity index (χ0v) is 16.9. The number of carbonyl (C=O) groups is 2. The van der Waals surface area contributed by atoms with E-state index in [-0.39, 0.29) is 23.2 Å². The van der Waals surface area contributed by atoms with E-state index in [9.17, 15) is 23.9 Å². The average Bonchev–Trinajstić information content (AvgIpc) is 2.68. The quantitative estimate of drug-likeness (QED) is 0.734. The van der Waals surface area contributed by atoms with Crippen LogP contribution in [0.15, 0.2) is 17.1 Å². The summed E-state index contributed by atoms with van der Waals surface area (Å²) < 4.78 is 36.7. The van der Waals surface area contributed by atoms with Gasteiger partial charge >= 0.3 is 11.9 Å². The first-order valence-electron chi connectivity index (χ1n) is 9.48. The number of carboxylic acid groups (broad SMARTS) is 1. The van der Waals surface area contributed by atoms with Crippen LogP contribution in [0, 0.1) is 11.6 Å². The van der Waals surface area contributed by atoms with Gasteiger partial charge < -0.3 is 24.2 Å². The SMILES string of the molecule is CC(=O)OCC(C)n1cc(C(=O)O)c(=O)c2cc(F)c(N3CCN(C)CC3)c(F)c21. The molecule has 1 atom stereocenters. The van der Waals surface area contributed by atoms with E-state index in [1.165, 1.54) is 11.5 Å². The number of piperazine rings is 1. The van der Waals surface area contributed by atoms with Crippen LogP contribution in [0.25, 0.3) is 10.9 Å².